The number of aromatic nitrogens is 4. The van der Waals surface area contributed by atoms with Gasteiger partial charge in [-0.25, -0.2) is 0 Å². The molecule has 7 heteroatoms. The first-order valence-corrected chi connectivity index (χ1v) is 7.81. The molecule has 0 radical (unpaired) electrons. The van der Waals surface area contributed by atoms with E-state index in [0.717, 1.165) is 11.3 Å². The van der Waals surface area contributed by atoms with Crippen LogP contribution in [0.25, 0.3) is 5.69 Å². The number of tetrazole rings is 1. The van der Waals surface area contributed by atoms with Crippen molar-refractivity contribution in [2.24, 2.45) is 0 Å². The van der Waals surface area contributed by atoms with Crippen molar-refractivity contribution < 1.29 is 4.79 Å². The third kappa shape index (κ3) is 3.28. The lowest BCUT2D eigenvalue weighted by atomic mass is 10.1. The fourth-order valence-electron chi connectivity index (χ4n) is 2.27. The number of hydrogen-bond donors (Lipinski definition) is 1. The molecule has 122 valence electrons. The molecule has 0 fully saturated rings. The molecule has 0 aliphatic carbocycles. The molecule has 0 aliphatic rings. The van der Waals surface area contributed by atoms with Gasteiger partial charge in [-0.15, -0.1) is 5.10 Å². The standard InChI is InChI=1S/C17H16ClN5O/c1-11-7-8-13(9-12(11)2)23-16(20-21-22-23)10-19-17(24)14-5-3-4-6-15(14)18/h3-9H,10H2,1-2H3,(H,19,24). The van der Waals surface area contributed by atoms with Crippen LogP contribution >= 0.6 is 11.6 Å². The Morgan fingerprint density at radius 1 is 1.17 bits per heavy atom. The normalized spacial score (nSPS) is 10.6. The van der Waals surface area contributed by atoms with Crippen LogP contribution in [0.4, 0.5) is 0 Å². The monoisotopic (exact) mass is 341 g/mol. The molecule has 6 nitrogen and oxygen atoms in total. The smallest absolute Gasteiger partial charge is 0.253 e. The fourth-order valence-corrected chi connectivity index (χ4v) is 2.50. The zero-order valence-electron chi connectivity index (χ0n) is 13.3. The molecular formula is C17H16ClN5O. The van der Waals surface area contributed by atoms with Crippen LogP contribution in [0.5, 0.6) is 0 Å². The molecule has 1 N–H and O–H groups in total. The van der Waals surface area contributed by atoms with Gasteiger partial charge in [-0.3, -0.25) is 4.79 Å². The first-order chi connectivity index (χ1) is 11.6. The van der Waals surface area contributed by atoms with E-state index in [4.69, 9.17) is 11.6 Å². The van der Waals surface area contributed by atoms with E-state index in [1.807, 2.05) is 32.0 Å². The van der Waals surface area contributed by atoms with Crippen LogP contribution in [0.1, 0.15) is 27.3 Å². The summed E-state index contributed by atoms with van der Waals surface area (Å²) >= 11 is 6.03. The van der Waals surface area contributed by atoms with Crippen molar-refractivity contribution in [3.8, 4) is 5.69 Å². The van der Waals surface area contributed by atoms with Gasteiger partial charge in [0.15, 0.2) is 5.82 Å². The minimum atomic E-state index is -0.268. The van der Waals surface area contributed by atoms with Crippen molar-refractivity contribution in [1.82, 2.24) is 25.5 Å². The summed E-state index contributed by atoms with van der Waals surface area (Å²) in [5.74, 6) is 0.272. The average molecular weight is 342 g/mol. The molecule has 3 aromatic rings. The van der Waals surface area contributed by atoms with Crippen molar-refractivity contribution in [2.45, 2.75) is 20.4 Å². The SMILES string of the molecule is Cc1ccc(-n2nnnc2CNC(=O)c2ccccc2Cl)cc1C. The summed E-state index contributed by atoms with van der Waals surface area (Å²) in [4.78, 5) is 12.2. The highest BCUT2D eigenvalue weighted by atomic mass is 35.5. The largest absolute Gasteiger partial charge is 0.345 e. The molecule has 0 atom stereocenters. The van der Waals surface area contributed by atoms with Crippen LogP contribution in [0, 0.1) is 13.8 Å². The lowest BCUT2D eigenvalue weighted by Crippen LogP contribution is -2.25. The number of carbonyl (C=O) groups excluding carboxylic acids is 1. The van der Waals surface area contributed by atoms with Gasteiger partial charge in [0.05, 0.1) is 22.8 Å². The van der Waals surface area contributed by atoms with E-state index in [0.29, 0.717) is 16.4 Å². The van der Waals surface area contributed by atoms with Crippen molar-refractivity contribution in [3.63, 3.8) is 0 Å². The first kappa shape index (κ1) is 16.1. The Bertz CT molecular complexity index is 890. The molecule has 0 spiro atoms. The second-order valence-electron chi connectivity index (χ2n) is 5.44. The molecule has 24 heavy (non-hydrogen) atoms. The van der Waals surface area contributed by atoms with Gasteiger partial charge in [0.25, 0.3) is 5.91 Å². The van der Waals surface area contributed by atoms with Crippen LogP contribution < -0.4 is 5.32 Å². The van der Waals surface area contributed by atoms with Crippen LogP contribution in [0.15, 0.2) is 42.5 Å². The molecule has 3 rings (SSSR count). The molecule has 0 unspecified atom stereocenters. The summed E-state index contributed by atoms with van der Waals surface area (Å²) in [7, 11) is 0. The Kier molecular flexibility index (Phi) is 4.57. The minimum absolute atomic E-state index is 0.198. The topological polar surface area (TPSA) is 72.7 Å². The Hall–Kier alpha value is -2.73. The number of aryl methyl sites for hydroxylation is 2. The van der Waals surface area contributed by atoms with Crippen molar-refractivity contribution in [3.05, 3.63) is 70.0 Å². The number of nitrogens with one attached hydrogen (secondary N) is 1. The lowest BCUT2D eigenvalue weighted by Gasteiger charge is -2.09. The van der Waals surface area contributed by atoms with Gasteiger partial charge in [-0.2, -0.15) is 4.68 Å². The predicted octanol–water partition coefficient (Wildman–Crippen LogP) is 2.86. The summed E-state index contributed by atoms with van der Waals surface area (Å²) in [5.41, 5.74) is 3.61. The van der Waals surface area contributed by atoms with Crippen molar-refractivity contribution >= 4 is 17.5 Å². The van der Waals surface area contributed by atoms with Gasteiger partial charge in [-0.05, 0) is 59.7 Å². The fraction of sp³-hybridized carbons (Fsp3) is 0.176. The van der Waals surface area contributed by atoms with Crippen LogP contribution in [-0.2, 0) is 6.54 Å². The molecule has 1 aromatic heterocycles. The Labute approximate surface area is 144 Å². The van der Waals surface area contributed by atoms with Gasteiger partial charge < -0.3 is 5.32 Å². The van der Waals surface area contributed by atoms with E-state index >= 15 is 0 Å². The molecule has 1 heterocycles. The van der Waals surface area contributed by atoms with E-state index in [-0.39, 0.29) is 12.5 Å². The van der Waals surface area contributed by atoms with E-state index in [9.17, 15) is 4.79 Å². The molecular weight excluding hydrogens is 326 g/mol. The highest BCUT2D eigenvalue weighted by Crippen LogP contribution is 2.16. The third-order valence-electron chi connectivity index (χ3n) is 3.79. The lowest BCUT2D eigenvalue weighted by molar-refractivity contribution is 0.0950. The molecule has 1 amide bonds. The van der Waals surface area contributed by atoms with Gasteiger partial charge in [0, 0.05) is 0 Å². The zero-order chi connectivity index (χ0) is 17.1. The molecule has 0 saturated heterocycles. The number of nitrogens with zero attached hydrogens (tertiary/aromatic N) is 4. The van der Waals surface area contributed by atoms with Crippen LogP contribution in [0.2, 0.25) is 5.02 Å². The molecule has 0 bridgehead atoms. The summed E-state index contributed by atoms with van der Waals surface area (Å²) in [5, 5.41) is 14.9. The van der Waals surface area contributed by atoms with Crippen molar-refractivity contribution in [1.29, 1.82) is 0 Å². The van der Waals surface area contributed by atoms with Gasteiger partial charge in [0.2, 0.25) is 0 Å². The summed E-state index contributed by atoms with van der Waals surface area (Å²) < 4.78 is 1.61. The minimum Gasteiger partial charge on any atom is -0.345 e. The van der Waals surface area contributed by atoms with Crippen LogP contribution in [0.3, 0.4) is 0 Å². The Morgan fingerprint density at radius 2 is 1.96 bits per heavy atom. The second kappa shape index (κ2) is 6.80. The van der Waals surface area contributed by atoms with E-state index < -0.39 is 0 Å². The summed E-state index contributed by atoms with van der Waals surface area (Å²) in [6.07, 6.45) is 0. The number of carbonyl (C=O) groups is 1. The third-order valence-corrected chi connectivity index (χ3v) is 4.12. The van der Waals surface area contributed by atoms with E-state index in [2.05, 4.69) is 20.8 Å². The zero-order valence-corrected chi connectivity index (χ0v) is 14.1. The quantitative estimate of drug-likeness (QED) is 0.792. The van der Waals surface area contributed by atoms with Crippen molar-refractivity contribution in [2.75, 3.05) is 0 Å². The predicted molar refractivity (Wildman–Crippen MR) is 91.3 cm³/mol. The molecule has 0 aliphatic heterocycles. The number of amides is 1. The van der Waals surface area contributed by atoms with Gasteiger partial charge >= 0.3 is 0 Å². The maximum Gasteiger partial charge on any atom is 0.253 e. The number of rotatable bonds is 4. The Morgan fingerprint density at radius 3 is 2.71 bits per heavy atom. The molecule has 2 aromatic carbocycles. The number of halogens is 1. The highest BCUT2D eigenvalue weighted by molar-refractivity contribution is 6.33. The highest BCUT2D eigenvalue weighted by Gasteiger charge is 2.13. The first-order valence-electron chi connectivity index (χ1n) is 7.44. The number of hydrogen-bond acceptors (Lipinski definition) is 4. The van der Waals surface area contributed by atoms with Gasteiger partial charge in [-0.1, -0.05) is 29.8 Å². The second-order valence-corrected chi connectivity index (χ2v) is 5.85. The van der Waals surface area contributed by atoms with E-state index in [1.165, 1.54) is 5.56 Å². The van der Waals surface area contributed by atoms with E-state index in [1.54, 1.807) is 28.9 Å². The Balaban J connectivity index is 1.78. The maximum absolute atomic E-state index is 12.2. The molecule has 0 saturated carbocycles. The maximum atomic E-state index is 12.2. The van der Waals surface area contributed by atoms with Gasteiger partial charge in [0.1, 0.15) is 0 Å². The average Bonchev–Trinajstić information content (AvgIpc) is 3.04. The summed E-state index contributed by atoms with van der Waals surface area (Å²) in [6.45, 7) is 4.27. The summed E-state index contributed by atoms with van der Waals surface area (Å²) in [6, 6.07) is 12.8. The van der Waals surface area contributed by atoms with Crippen LogP contribution in [-0.4, -0.2) is 26.1 Å². The number of benzene rings is 2.